The molecule has 2 amide bonds. The van der Waals surface area contributed by atoms with Crippen molar-refractivity contribution < 1.29 is 14.4 Å². The van der Waals surface area contributed by atoms with Crippen molar-refractivity contribution in [1.82, 2.24) is 0 Å². The van der Waals surface area contributed by atoms with E-state index in [-0.39, 0.29) is 17.6 Å². The van der Waals surface area contributed by atoms with E-state index >= 15 is 4.79 Å². The van der Waals surface area contributed by atoms with Crippen molar-refractivity contribution in [3.8, 4) is 0 Å². The minimum atomic E-state index is -1.43. The van der Waals surface area contributed by atoms with Crippen LogP contribution in [0.5, 0.6) is 0 Å². The topological polar surface area (TPSA) is 54.5 Å². The first-order chi connectivity index (χ1) is 21.9. The highest BCUT2D eigenvalue weighted by Crippen LogP contribution is 2.74. The van der Waals surface area contributed by atoms with Gasteiger partial charge in [-0.2, -0.15) is 0 Å². The summed E-state index contributed by atoms with van der Waals surface area (Å²) in [6.07, 6.45) is 0. The van der Waals surface area contributed by atoms with Crippen LogP contribution in [0.1, 0.15) is 27.8 Å². The van der Waals surface area contributed by atoms with Crippen molar-refractivity contribution in [2.45, 2.75) is 17.8 Å². The average molecular weight is 606 g/mol. The Morgan fingerprint density at radius 3 is 1.36 bits per heavy atom. The smallest absolute Gasteiger partial charge is 0.239 e. The third-order valence-electron chi connectivity index (χ3n) is 9.99. The normalized spacial score (nSPS) is 25.3. The predicted molar refractivity (Wildman–Crippen MR) is 177 cm³/mol. The summed E-state index contributed by atoms with van der Waals surface area (Å²) in [5.41, 5.74) is 3.07. The van der Waals surface area contributed by atoms with E-state index in [0.717, 1.165) is 27.8 Å². The lowest BCUT2D eigenvalue weighted by molar-refractivity contribution is -0.130. The van der Waals surface area contributed by atoms with Crippen LogP contribution in [0, 0.1) is 18.8 Å². The molecule has 45 heavy (non-hydrogen) atoms. The summed E-state index contributed by atoms with van der Waals surface area (Å²) in [7, 11) is 0. The van der Waals surface area contributed by atoms with E-state index in [1.165, 1.54) is 4.90 Å². The Morgan fingerprint density at radius 1 is 0.556 bits per heavy atom. The van der Waals surface area contributed by atoms with Gasteiger partial charge in [0.2, 0.25) is 11.8 Å². The standard InChI is InChI=1S/C40H28ClNO3/c1-25-22-23-30(24-31(25)41)42-36(43)34-35(37(42)44)40(29-20-12-5-13-21-29)33(27-16-8-3-9-17-27)32(26-14-6-2-7-15-26)39(34,38(40)45)28-18-10-4-11-19-28/h2-24,34-35H,1H3. The third kappa shape index (κ3) is 3.46. The molecular weight excluding hydrogens is 578 g/mol. The SMILES string of the molecule is Cc1ccc(N2C(=O)C3C(C2=O)C2(c4ccccc4)C(=O)C3(c3ccccc3)C(c3ccccc3)=C2c2ccccc2)cc1Cl. The van der Waals surface area contributed by atoms with Gasteiger partial charge in [0.15, 0.2) is 5.78 Å². The molecule has 2 bridgehead atoms. The van der Waals surface area contributed by atoms with E-state index in [2.05, 4.69) is 0 Å². The lowest BCUT2D eigenvalue weighted by Gasteiger charge is -2.39. The zero-order chi connectivity index (χ0) is 30.9. The van der Waals surface area contributed by atoms with E-state index in [1.807, 2.05) is 134 Å². The molecule has 1 aliphatic heterocycles. The molecule has 4 nitrogen and oxygen atoms in total. The van der Waals surface area contributed by atoms with Crippen LogP contribution in [-0.2, 0) is 25.2 Å². The van der Waals surface area contributed by atoms with Gasteiger partial charge in [0.1, 0.15) is 0 Å². The molecule has 1 saturated carbocycles. The van der Waals surface area contributed by atoms with Gasteiger partial charge in [-0.1, -0.05) is 139 Å². The highest BCUT2D eigenvalue weighted by atomic mass is 35.5. The maximum absolute atomic E-state index is 15.8. The van der Waals surface area contributed by atoms with E-state index in [0.29, 0.717) is 21.8 Å². The van der Waals surface area contributed by atoms with Crippen LogP contribution in [0.15, 0.2) is 140 Å². The van der Waals surface area contributed by atoms with Gasteiger partial charge >= 0.3 is 0 Å². The number of aryl methyl sites for hydroxylation is 1. The van der Waals surface area contributed by atoms with Crippen molar-refractivity contribution in [3.05, 3.63) is 172 Å². The molecule has 0 N–H and O–H groups in total. The second kappa shape index (κ2) is 9.98. The largest absolute Gasteiger partial charge is 0.297 e. The number of nitrogens with zero attached hydrogens (tertiary/aromatic N) is 1. The predicted octanol–water partition coefficient (Wildman–Crippen LogP) is 7.84. The molecule has 0 radical (unpaired) electrons. The molecule has 5 aromatic carbocycles. The number of halogens is 1. The second-order valence-corrected chi connectivity index (χ2v) is 12.5. The molecule has 5 heteroatoms. The summed E-state index contributed by atoms with van der Waals surface area (Å²) in [5, 5.41) is 0.466. The van der Waals surface area contributed by atoms with Crippen molar-refractivity contribution in [2.24, 2.45) is 11.8 Å². The molecule has 2 fully saturated rings. The number of hydrogen-bond acceptors (Lipinski definition) is 3. The molecule has 218 valence electrons. The van der Waals surface area contributed by atoms with Crippen LogP contribution >= 0.6 is 11.6 Å². The van der Waals surface area contributed by atoms with Gasteiger partial charge in [0, 0.05) is 5.02 Å². The van der Waals surface area contributed by atoms with Gasteiger partial charge in [0.25, 0.3) is 0 Å². The molecule has 8 rings (SSSR count). The summed E-state index contributed by atoms with van der Waals surface area (Å²) in [5.74, 6) is -2.85. The number of allylic oxidation sites excluding steroid dienone is 2. The fourth-order valence-electron chi connectivity index (χ4n) is 8.31. The molecule has 3 aliphatic rings. The third-order valence-corrected chi connectivity index (χ3v) is 10.4. The van der Waals surface area contributed by atoms with Gasteiger partial charge in [-0.15, -0.1) is 0 Å². The summed E-state index contributed by atoms with van der Waals surface area (Å²) >= 11 is 6.54. The highest BCUT2D eigenvalue weighted by Gasteiger charge is 2.82. The highest BCUT2D eigenvalue weighted by molar-refractivity contribution is 6.39. The molecule has 2 aliphatic carbocycles. The molecule has 5 aromatic rings. The number of imide groups is 1. The van der Waals surface area contributed by atoms with Crippen molar-refractivity contribution >= 4 is 46.0 Å². The first-order valence-electron chi connectivity index (χ1n) is 15.1. The van der Waals surface area contributed by atoms with Crippen molar-refractivity contribution in [1.29, 1.82) is 0 Å². The minimum absolute atomic E-state index is 0.136. The fraction of sp³-hybridized carbons (Fsp3) is 0.125. The molecule has 4 atom stereocenters. The van der Waals surface area contributed by atoms with Crippen LogP contribution in [0.3, 0.4) is 0 Å². The molecule has 1 heterocycles. The first kappa shape index (κ1) is 27.5. The van der Waals surface area contributed by atoms with Gasteiger partial charge in [-0.25, -0.2) is 4.90 Å². The van der Waals surface area contributed by atoms with E-state index in [4.69, 9.17) is 11.6 Å². The average Bonchev–Trinajstić information content (AvgIpc) is 3.59. The molecule has 1 saturated heterocycles. The first-order valence-corrected chi connectivity index (χ1v) is 15.5. The maximum atomic E-state index is 15.8. The number of benzene rings is 5. The Hall–Kier alpha value is -5.06. The number of amides is 2. The Bertz CT molecular complexity index is 1920. The molecule has 0 spiro atoms. The Balaban J connectivity index is 1.55. The number of fused-ring (bicyclic) bond motifs is 5. The number of carbonyl (C=O) groups excluding carboxylic acids is 3. The number of carbonyl (C=O) groups is 3. The van der Waals surface area contributed by atoms with Crippen LogP contribution in [0.2, 0.25) is 5.02 Å². The Labute approximate surface area is 266 Å². The molecule has 0 aromatic heterocycles. The van der Waals surface area contributed by atoms with Gasteiger partial charge in [-0.3, -0.25) is 14.4 Å². The van der Waals surface area contributed by atoms with Crippen LogP contribution in [0.4, 0.5) is 5.69 Å². The fourth-order valence-corrected chi connectivity index (χ4v) is 8.48. The van der Waals surface area contributed by atoms with Gasteiger partial charge in [0.05, 0.1) is 28.4 Å². The lowest BCUT2D eigenvalue weighted by atomic mass is 9.59. The van der Waals surface area contributed by atoms with Crippen molar-refractivity contribution in [2.75, 3.05) is 4.90 Å². The number of hydrogen-bond donors (Lipinski definition) is 0. The number of Topliss-reactive ketones (excluding diaryl/α,β-unsaturated/α-hetero) is 1. The molecule has 4 unspecified atom stereocenters. The Morgan fingerprint density at radius 2 is 0.956 bits per heavy atom. The molecular formula is C40H28ClNO3. The Kier molecular flexibility index (Phi) is 6.10. The summed E-state index contributed by atoms with van der Waals surface area (Å²) in [6, 6.07) is 44.1. The zero-order valence-electron chi connectivity index (χ0n) is 24.5. The van der Waals surface area contributed by atoms with E-state index in [1.54, 1.807) is 12.1 Å². The van der Waals surface area contributed by atoms with Crippen molar-refractivity contribution in [3.63, 3.8) is 0 Å². The number of anilines is 1. The monoisotopic (exact) mass is 605 g/mol. The minimum Gasteiger partial charge on any atom is -0.297 e. The van der Waals surface area contributed by atoms with Crippen LogP contribution in [-0.4, -0.2) is 17.6 Å². The lowest BCUT2D eigenvalue weighted by Crippen LogP contribution is -2.45. The summed E-state index contributed by atoms with van der Waals surface area (Å²) < 4.78 is 0. The zero-order valence-corrected chi connectivity index (χ0v) is 25.2. The summed E-state index contributed by atoms with van der Waals surface area (Å²) in [4.78, 5) is 47.1. The van der Waals surface area contributed by atoms with E-state index < -0.39 is 22.7 Å². The number of rotatable bonds is 5. The summed E-state index contributed by atoms with van der Waals surface area (Å²) in [6.45, 7) is 1.88. The quantitative estimate of drug-likeness (QED) is 0.192. The van der Waals surface area contributed by atoms with Gasteiger partial charge < -0.3 is 0 Å². The van der Waals surface area contributed by atoms with Gasteiger partial charge in [-0.05, 0) is 58.0 Å². The van der Waals surface area contributed by atoms with Crippen LogP contribution in [0.25, 0.3) is 11.1 Å². The van der Waals surface area contributed by atoms with E-state index in [9.17, 15) is 9.59 Å². The van der Waals surface area contributed by atoms with Crippen LogP contribution < -0.4 is 4.90 Å². The maximum Gasteiger partial charge on any atom is 0.239 e. The number of ketones is 1. The second-order valence-electron chi connectivity index (χ2n) is 12.1.